The maximum Gasteiger partial charge on any atom is 0.291 e. The average molecular weight is 532 g/mol. The third-order valence-electron chi connectivity index (χ3n) is 5.82. The molecule has 2 amide bonds. The number of aromatic nitrogens is 1. The quantitative estimate of drug-likeness (QED) is 0.266. The summed E-state index contributed by atoms with van der Waals surface area (Å²) in [5.41, 5.74) is 6.81. The van der Waals surface area contributed by atoms with Crippen molar-refractivity contribution in [1.82, 2.24) is 4.98 Å². The number of nitrogens with one attached hydrogen (secondary N) is 1. The van der Waals surface area contributed by atoms with E-state index in [-0.39, 0.29) is 39.4 Å². The van der Waals surface area contributed by atoms with Gasteiger partial charge in [0.1, 0.15) is 33.5 Å². The zero-order valence-electron chi connectivity index (χ0n) is 18.9. The first kappa shape index (κ1) is 24.2. The van der Waals surface area contributed by atoms with E-state index in [2.05, 4.69) is 10.3 Å². The summed E-state index contributed by atoms with van der Waals surface area (Å²) in [6.07, 6.45) is -1.12. The van der Waals surface area contributed by atoms with Gasteiger partial charge in [0.2, 0.25) is 0 Å². The Kier molecular flexibility index (Phi) is 6.40. The number of anilines is 1. The van der Waals surface area contributed by atoms with Crippen molar-refractivity contribution >= 4 is 50.7 Å². The second kappa shape index (κ2) is 9.51. The standard InChI is InChI=1S/C25H20ClF2N3O4S/c1-11-3-2-4-15(26)20(11)34-10-13-7-8-17(35-13)24(33)31-19-18-14(12-5-6-12)9-16(22(27)28)30-25(18)36-21(19)23(29)32/h2-4,7-9,12,22H,5-6,10H2,1H3,(H2,29,32)(H,31,33). The maximum absolute atomic E-state index is 13.4. The van der Waals surface area contributed by atoms with Crippen molar-refractivity contribution in [3.05, 3.63) is 74.6 Å². The molecule has 11 heteroatoms. The van der Waals surface area contributed by atoms with Gasteiger partial charge in [0.05, 0.1) is 10.7 Å². The van der Waals surface area contributed by atoms with Gasteiger partial charge in [-0.05, 0) is 61.1 Å². The highest BCUT2D eigenvalue weighted by Crippen LogP contribution is 2.48. The number of primary amides is 1. The number of para-hydroxylation sites is 1. The molecule has 36 heavy (non-hydrogen) atoms. The number of halogens is 3. The van der Waals surface area contributed by atoms with E-state index in [1.165, 1.54) is 12.1 Å². The number of carbonyl (C=O) groups excluding carboxylic acids is 2. The lowest BCUT2D eigenvalue weighted by atomic mass is 10.0. The number of furan rings is 1. The number of rotatable bonds is 8. The molecule has 186 valence electrons. The monoisotopic (exact) mass is 531 g/mol. The van der Waals surface area contributed by atoms with E-state index < -0.39 is 18.2 Å². The highest BCUT2D eigenvalue weighted by molar-refractivity contribution is 7.21. The first-order chi connectivity index (χ1) is 17.2. The molecule has 4 aromatic rings. The van der Waals surface area contributed by atoms with Gasteiger partial charge in [-0.25, -0.2) is 13.8 Å². The van der Waals surface area contributed by atoms with Gasteiger partial charge in [0, 0.05) is 5.39 Å². The molecule has 3 heterocycles. The topological polar surface area (TPSA) is 107 Å². The summed E-state index contributed by atoms with van der Waals surface area (Å²) in [5.74, 6) is -0.495. The van der Waals surface area contributed by atoms with E-state index in [1.54, 1.807) is 12.1 Å². The fourth-order valence-corrected chi connectivity index (χ4v) is 5.26. The van der Waals surface area contributed by atoms with Crippen LogP contribution in [0.2, 0.25) is 5.02 Å². The number of benzene rings is 1. The average Bonchev–Trinajstić information content (AvgIpc) is 3.46. The van der Waals surface area contributed by atoms with Crippen LogP contribution in [0.25, 0.3) is 10.2 Å². The second-order valence-electron chi connectivity index (χ2n) is 8.46. The zero-order valence-corrected chi connectivity index (χ0v) is 20.5. The summed E-state index contributed by atoms with van der Waals surface area (Å²) in [6.45, 7) is 1.90. The van der Waals surface area contributed by atoms with Crippen molar-refractivity contribution in [2.24, 2.45) is 5.73 Å². The van der Waals surface area contributed by atoms with Crippen LogP contribution < -0.4 is 15.8 Å². The fraction of sp³-hybridized carbons (Fsp3) is 0.240. The van der Waals surface area contributed by atoms with Crippen LogP contribution in [0.15, 0.2) is 40.8 Å². The van der Waals surface area contributed by atoms with E-state index in [9.17, 15) is 18.4 Å². The molecule has 7 nitrogen and oxygen atoms in total. The number of carbonyl (C=O) groups is 2. The minimum absolute atomic E-state index is 0.0237. The number of nitrogens with zero attached hydrogens (tertiary/aromatic N) is 1. The molecule has 0 bridgehead atoms. The summed E-state index contributed by atoms with van der Waals surface area (Å²) < 4.78 is 38.2. The Balaban J connectivity index is 1.43. The zero-order chi connectivity index (χ0) is 25.6. The number of aryl methyl sites for hydroxylation is 1. The van der Waals surface area contributed by atoms with Crippen molar-refractivity contribution in [2.45, 2.75) is 38.7 Å². The SMILES string of the molecule is Cc1cccc(Cl)c1OCc1ccc(C(=O)Nc2c(C(N)=O)sc3nc(C(F)F)cc(C4CC4)c23)o1. The van der Waals surface area contributed by atoms with Crippen molar-refractivity contribution in [1.29, 1.82) is 0 Å². The highest BCUT2D eigenvalue weighted by Gasteiger charge is 2.32. The molecule has 1 fully saturated rings. The van der Waals surface area contributed by atoms with E-state index in [4.69, 9.17) is 26.5 Å². The molecule has 1 aliphatic carbocycles. The first-order valence-corrected chi connectivity index (χ1v) is 12.3. The molecule has 0 spiro atoms. The number of thiophene rings is 1. The van der Waals surface area contributed by atoms with Gasteiger partial charge in [-0.2, -0.15) is 0 Å². The molecule has 0 aliphatic heterocycles. The van der Waals surface area contributed by atoms with Gasteiger partial charge >= 0.3 is 0 Å². The molecule has 0 radical (unpaired) electrons. The van der Waals surface area contributed by atoms with E-state index in [1.807, 2.05) is 19.1 Å². The molecule has 1 saturated carbocycles. The fourth-order valence-electron chi connectivity index (χ4n) is 3.96. The number of ether oxygens (including phenoxy) is 1. The van der Waals surface area contributed by atoms with Crippen LogP contribution in [0.1, 0.15) is 68.0 Å². The number of pyridine rings is 1. The van der Waals surface area contributed by atoms with Gasteiger partial charge in [-0.1, -0.05) is 23.7 Å². The molecule has 0 unspecified atom stereocenters. The molecule has 5 rings (SSSR count). The maximum atomic E-state index is 13.4. The molecular weight excluding hydrogens is 512 g/mol. The third-order valence-corrected chi connectivity index (χ3v) is 7.22. The minimum atomic E-state index is -2.76. The molecule has 1 aromatic carbocycles. The summed E-state index contributed by atoms with van der Waals surface area (Å²) in [5, 5.41) is 3.61. The van der Waals surface area contributed by atoms with Crippen molar-refractivity contribution in [2.75, 3.05) is 5.32 Å². The summed E-state index contributed by atoms with van der Waals surface area (Å²) >= 11 is 7.06. The van der Waals surface area contributed by atoms with E-state index in [0.29, 0.717) is 27.5 Å². The summed E-state index contributed by atoms with van der Waals surface area (Å²) in [4.78, 5) is 29.5. The van der Waals surface area contributed by atoms with Crippen LogP contribution >= 0.6 is 22.9 Å². The molecule has 1 aliphatic rings. The number of fused-ring (bicyclic) bond motifs is 1. The largest absolute Gasteiger partial charge is 0.484 e. The molecule has 3 N–H and O–H groups in total. The predicted molar refractivity (Wildman–Crippen MR) is 132 cm³/mol. The minimum Gasteiger partial charge on any atom is -0.484 e. The molecule has 3 aromatic heterocycles. The highest BCUT2D eigenvalue weighted by atomic mass is 35.5. The lowest BCUT2D eigenvalue weighted by molar-refractivity contribution is 0.0992. The number of hydrogen-bond acceptors (Lipinski definition) is 6. The smallest absolute Gasteiger partial charge is 0.291 e. The van der Waals surface area contributed by atoms with Crippen LogP contribution in [0, 0.1) is 6.92 Å². The predicted octanol–water partition coefficient (Wildman–Crippen LogP) is 6.60. The summed E-state index contributed by atoms with van der Waals surface area (Å²) in [6, 6.07) is 9.79. The number of amides is 2. The van der Waals surface area contributed by atoms with Crippen LogP contribution in [0.3, 0.4) is 0 Å². The third kappa shape index (κ3) is 4.66. The van der Waals surface area contributed by atoms with Crippen LogP contribution in [-0.2, 0) is 6.61 Å². The van der Waals surface area contributed by atoms with E-state index in [0.717, 1.165) is 29.7 Å². The first-order valence-electron chi connectivity index (χ1n) is 11.1. The Morgan fingerprint density at radius 1 is 1.31 bits per heavy atom. The van der Waals surface area contributed by atoms with E-state index >= 15 is 0 Å². The second-order valence-corrected chi connectivity index (χ2v) is 9.86. The van der Waals surface area contributed by atoms with Crippen LogP contribution in [-0.4, -0.2) is 16.8 Å². The molecule has 0 atom stereocenters. The Morgan fingerprint density at radius 3 is 2.75 bits per heavy atom. The Morgan fingerprint density at radius 2 is 2.08 bits per heavy atom. The molecule has 0 saturated heterocycles. The van der Waals surface area contributed by atoms with Crippen molar-refractivity contribution in [3.8, 4) is 5.75 Å². The van der Waals surface area contributed by atoms with Crippen molar-refractivity contribution in [3.63, 3.8) is 0 Å². The number of alkyl halides is 2. The number of hydrogen-bond donors (Lipinski definition) is 2. The van der Waals surface area contributed by atoms with Gasteiger partial charge in [0.25, 0.3) is 18.2 Å². The molecular formula is C25H20ClF2N3O4S. The summed E-state index contributed by atoms with van der Waals surface area (Å²) in [7, 11) is 0. The van der Waals surface area contributed by atoms with Crippen LogP contribution in [0.5, 0.6) is 5.75 Å². The lowest BCUT2D eigenvalue weighted by Crippen LogP contribution is -2.16. The van der Waals surface area contributed by atoms with Crippen molar-refractivity contribution < 1.29 is 27.5 Å². The van der Waals surface area contributed by atoms with Gasteiger partial charge in [-0.3, -0.25) is 9.59 Å². The Labute approximate surface area is 213 Å². The normalized spacial score (nSPS) is 13.4. The number of nitrogens with two attached hydrogens (primary N) is 1. The van der Waals surface area contributed by atoms with Gasteiger partial charge in [0.15, 0.2) is 5.76 Å². The Hall–Kier alpha value is -3.50. The van der Waals surface area contributed by atoms with Gasteiger partial charge < -0.3 is 20.2 Å². The lowest BCUT2D eigenvalue weighted by Gasteiger charge is -2.10. The van der Waals surface area contributed by atoms with Crippen LogP contribution in [0.4, 0.5) is 14.5 Å². The van der Waals surface area contributed by atoms with Gasteiger partial charge in [-0.15, -0.1) is 11.3 Å². The Bertz CT molecular complexity index is 1480.